The first kappa shape index (κ1) is 18.1. The number of nitrogens with one attached hydrogen (secondary N) is 2. The first-order valence-electron chi connectivity index (χ1n) is 9.13. The van der Waals surface area contributed by atoms with Crippen molar-refractivity contribution in [1.29, 1.82) is 0 Å². The van der Waals surface area contributed by atoms with Crippen LogP contribution in [0.25, 0.3) is 0 Å². The molecule has 26 heavy (non-hydrogen) atoms. The van der Waals surface area contributed by atoms with Crippen LogP contribution in [0.4, 0.5) is 17.1 Å². The van der Waals surface area contributed by atoms with Crippen LogP contribution in [0.3, 0.4) is 0 Å². The minimum atomic E-state index is -0.0224. The van der Waals surface area contributed by atoms with E-state index in [1.54, 1.807) is 0 Å². The minimum absolute atomic E-state index is 0.0224. The van der Waals surface area contributed by atoms with Crippen molar-refractivity contribution in [2.45, 2.75) is 33.1 Å². The van der Waals surface area contributed by atoms with Gasteiger partial charge in [0.15, 0.2) is 0 Å². The van der Waals surface area contributed by atoms with E-state index in [1.165, 1.54) is 22.3 Å². The molecule has 0 unspecified atom stereocenters. The van der Waals surface area contributed by atoms with Crippen molar-refractivity contribution in [3.05, 3.63) is 89.0 Å². The van der Waals surface area contributed by atoms with E-state index < -0.39 is 0 Å². The average Bonchev–Trinajstić information content (AvgIpc) is 2.65. The largest absolute Gasteiger partial charge is 0.388 e. The van der Waals surface area contributed by atoms with Crippen LogP contribution in [0, 0.1) is 13.8 Å². The summed E-state index contributed by atoms with van der Waals surface area (Å²) in [6, 6.07) is 23.8. The summed E-state index contributed by atoms with van der Waals surface area (Å²) in [4.78, 5) is 0. The molecule has 2 nitrogen and oxygen atoms in total. The van der Waals surface area contributed by atoms with E-state index >= 15 is 0 Å². The Balaban J connectivity index is 1.80. The Morgan fingerprint density at radius 1 is 0.615 bits per heavy atom. The molecule has 134 valence electrons. The average molecular weight is 345 g/mol. The van der Waals surface area contributed by atoms with E-state index in [0.717, 1.165) is 17.1 Å². The molecule has 2 heteroatoms. The number of hydrogen-bond donors (Lipinski definition) is 2. The van der Waals surface area contributed by atoms with Crippen molar-refractivity contribution >= 4 is 17.1 Å². The Morgan fingerprint density at radius 3 is 1.65 bits per heavy atom. The van der Waals surface area contributed by atoms with Crippen LogP contribution in [0.2, 0.25) is 0 Å². The van der Waals surface area contributed by atoms with Gasteiger partial charge in [0.25, 0.3) is 0 Å². The number of rotatable bonds is 5. The van der Waals surface area contributed by atoms with E-state index in [4.69, 9.17) is 0 Å². The predicted octanol–water partition coefficient (Wildman–Crippen LogP) is 6.41. The molecule has 3 rings (SSSR count). The quantitative estimate of drug-likeness (QED) is 0.558. The molecular weight excluding hydrogens is 316 g/mol. The van der Waals surface area contributed by atoms with Gasteiger partial charge >= 0.3 is 0 Å². The van der Waals surface area contributed by atoms with Crippen LogP contribution in [0.15, 0.2) is 66.7 Å². The maximum atomic E-state index is 3.46. The third-order valence-corrected chi connectivity index (χ3v) is 5.30. The maximum absolute atomic E-state index is 3.46. The number of hydrogen-bond acceptors (Lipinski definition) is 2. The van der Waals surface area contributed by atoms with Crippen LogP contribution in [0.1, 0.15) is 36.1 Å². The summed E-state index contributed by atoms with van der Waals surface area (Å²) < 4.78 is 0. The second-order valence-corrected chi connectivity index (χ2v) is 7.45. The van der Waals surface area contributed by atoms with Gasteiger partial charge in [-0.3, -0.25) is 0 Å². The predicted molar refractivity (Wildman–Crippen MR) is 114 cm³/mol. The summed E-state index contributed by atoms with van der Waals surface area (Å²) >= 11 is 0. The van der Waals surface area contributed by atoms with Crippen molar-refractivity contribution < 1.29 is 0 Å². The highest BCUT2D eigenvalue weighted by molar-refractivity contribution is 5.63. The summed E-state index contributed by atoms with van der Waals surface area (Å²) in [5.41, 5.74) is 8.63. The fraction of sp³-hybridized carbons (Fsp3) is 0.250. The van der Waals surface area contributed by atoms with Crippen molar-refractivity contribution in [3.8, 4) is 0 Å². The first-order valence-corrected chi connectivity index (χ1v) is 9.13. The number of benzene rings is 3. The van der Waals surface area contributed by atoms with E-state index in [9.17, 15) is 0 Å². The zero-order chi connectivity index (χ0) is 18.7. The van der Waals surface area contributed by atoms with Crippen molar-refractivity contribution in [1.82, 2.24) is 0 Å². The zero-order valence-electron chi connectivity index (χ0n) is 16.4. The molecular formula is C24H28N2. The van der Waals surface area contributed by atoms with E-state index in [0.29, 0.717) is 0 Å². The minimum Gasteiger partial charge on any atom is -0.388 e. The Kier molecular flexibility index (Phi) is 5.03. The SMILES string of the molecule is CNc1ccc(Nc2ccc(C(C)(C)c3ccc(C)c(C)c3)cc2)cc1. The summed E-state index contributed by atoms with van der Waals surface area (Å²) in [7, 11) is 1.93. The zero-order valence-corrected chi connectivity index (χ0v) is 16.4. The number of anilines is 3. The molecule has 0 aliphatic rings. The standard InChI is InChI=1S/C24H28N2/c1-17-6-7-20(16-18(17)2)24(3,4)19-8-10-22(11-9-19)26-23-14-12-21(25-5)13-15-23/h6-16,25-26H,1-5H3. The molecule has 3 aromatic carbocycles. The van der Waals surface area contributed by atoms with Crippen LogP contribution < -0.4 is 10.6 Å². The Bertz CT molecular complexity index is 875. The first-order chi connectivity index (χ1) is 12.4. The topological polar surface area (TPSA) is 24.1 Å². The van der Waals surface area contributed by atoms with Gasteiger partial charge in [-0.2, -0.15) is 0 Å². The van der Waals surface area contributed by atoms with Gasteiger partial charge in [0.1, 0.15) is 0 Å². The fourth-order valence-corrected chi connectivity index (χ4v) is 3.15. The molecule has 0 fully saturated rings. The molecule has 0 saturated heterocycles. The van der Waals surface area contributed by atoms with Gasteiger partial charge in [0, 0.05) is 29.5 Å². The van der Waals surface area contributed by atoms with Gasteiger partial charge in [-0.25, -0.2) is 0 Å². The van der Waals surface area contributed by atoms with Gasteiger partial charge in [0.05, 0.1) is 0 Å². The van der Waals surface area contributed by atoms with Crippen LogP contribution >= 0.6 is 0 Å². The molecule has 0 bridgehead atoms. The van der Waals surface area contributed by atoms with Gasteiger partial charge < -0.3 is 10.6 Å². The molecule has 0 saturated carbocycles. The van der Waals surface area contributed by atoms with E-state index in [-0.39, 0.29) is 5.41 Å². The smallest absolute Gasteiger partial charge is 0.0385 e. The highest BCUT2D eigenvalue weighted by Crippen LogP contribution is 2.33. The maximum Gasteiger partial charge on any atom is 0.0385 e. The van der Waals surface area contributed by atoms with Gasteiger partial charge in [-0.1, -0.05) is 44.2 Å². The Hall–Kier alpha value is -2.74. The summed E-state index contributed by atoms with van der Waals surface area (Å²) in [6.45, 7) is 8.92. The van der Waals surface area contributed by atoms with Crippen LogP contribution in [-0.4, -0.2) is 7.05 Å². The molecule has 0 radical (unpaired) electrons. The number of aryl methyl sites for hydroxylation is 2. The van der Waals surface area contributed by atoms with Gasteiger partial charge in [-0.05, 0) is 72.5 Å². The highest BCUT2D eigenvalue weighted by atomic mass is 14.9. The lowest BCUT2D eigenvalue weighted by molar-refractivity contribution is 0.640. The van der Waals surface area contributed by atoms with Gasteiger partial charge in [0.2, 0.25) is 0 Å². The lowest BCUT2D eigenvalue weighted by Gasteiger charge is -2.27. The van der Waals surface area contributed by atoms with Crippen LogP contribution in [0.5, 0.6) is 0 Å². The second-order valence-electron chi connectivity index (χ2n) is 7.45. The molecule has 0 heterocycles. The molecule has 0 atom stereocenters. The molecule has 0 spiro atoms. The normalized spacial score (nSPS) is 11.3. The molecule has 0 aliphatic heterocycles. The van der Waals surface area contributed by atoms with Crippen molar-refractivity contribution in [2.75, 3.05) is 17.7 Å². The van der Waals surface area contributed by atoms with Crippen LogP contribution in [-0.2, 0) is 5.41 Å². The van der Waals surface area contributed by atoms with Crippen molar-refractivity contribution in [3.63, 3.8) is 0 Å². The lowest BCUT2D eigenvalue weighted by atomic mass is 9.77. The highest BCUT2D eigenvalue weighted by Gasteiger charge is 2.23. The lowest BCUT2D eigenvalue weighted by Crippen LogP contribution is -2.19. The third kappa shape index (κ3) is 3.75. The Labute approximate surface area is 157 Å². The molecule has 0 amide bonds. The monoisotopic (exact) mass is 344 g/mol. The van der Waals surface area contributed by atoms with Gasteiger partial charge in [-0.15, -0.1) is 0 Å². The summed E-state index contributed by atoms with van der Waals surface area (Å²) in [5.74, 6) is 0. The second kappa shape index (κ2) is 7.25. The molecule has 3 aromatic rings. The summed E-state index contributed by atoms with van der Waals surface area (Å²) in [6.07, 6.45) is 0. The summed E-state index contributed by atoms with van der Waals surface area (Å²) in [5, 5.41) is 6.60. The molecule has 0 aliphatic carbocycles. The molecule has 0 aromatic heterocycles. The van der Waals surface area contributed by atoms with E-state index in [2.05, 4.69) is 105 Å². The molecule has 2 N–H and O–H groups in total. The van der Waals surface area contributed by atoms with Crippen molar-refractivity contribution in [2.24, 2.45) is 0 Å². The van der Waals surface area contributed by atoms with E-state index in [1.807, 2.05) is 7.05 Å². The Morgan fingerprint density at radius 2 is 1.12 bits per heavy atom. The fourth-order valence-electron chi connectivity index (χ4n) is 3.15. The third-order valence-electron chi connectivity index (χ3n) is 5.30.